The molecule has 1 amide bonds. The number of nitrogens with one attached hydrogen (secondary N) is 1. The zero-order valence-electron chi connectivity index (χ0n) is 12.6. The number of hydrogen-bond acceptors (Lipinski definition) is 3. The summed E-state index contributed by atoms with van der Waals surface area (Å²) in [5, 5.41) is 2.71. The Morgan fingerprint density at radius 2 is 2.10 bits per heavy atom. The third-order valence-corrected chi connectivity index (χ3v) is 3.41. The monoisotopic (exact) mass is 288 g/mol. The molecule has 114 valence electrons. The lowest BCUT2D eigenvalue weighted by molar-refractivity contribution is -0.122. The van der Waals surface area contributed by atoms with Crippen molar-refractivity contribution in [3.63, 3.8) is 0 Å². The van der Waals surface area contributed by atoms with Gasteiger partial charge in [-0.2, -0.15) is 0 Å². The van der Waals surface area contributed by atoms with Gasteiger partial charge in [-0.25, -0.2) is 0 Å². The van der Waals surface area contributed by atoms with Crippen LogP contribution in [0, 0.1) is 5.92 Å². The quantitative estimate of drug-likeness (QED) is 0.682. The fourth-order valence-corrected chi connectivity index (χ4v) is 2.23. The van der Waals surface area contributed by atoms with Gasteiger partial charge < -0.3 is 11.1 Å². The van der Waals surface area contributed by atoms with E-state index in [4.69, 9.17) is 5.73 Å². The standard InChI is InChI=1S/C17H24N2O2/c1-3-6-15(12-19-17(21)4-2)16(20)10-13-7-5-8-14(9-13)11-18/h4-5,7-9,15H,2-3,6,10-12,18H2,1H3,(H,19,21). The lowest BCUT2D eigenvalue weighted by Crippen LogP contribution is -2.32. The van der Waals surface area contributed by atoms with Crippen LogP contribution in [-0.4, -0.2) is 18.2 Å². The summed E-state index contributed by atoms with van der Waals surface area (Å²) in [5.41, 5.74) is 7.60. The molecule has 4 nitrogen and oxygen atoms in total. The molecule has 3 N–H and O–H groups in total. The molecular formula is C17H24N2O2. The summed E-state index contributed by atoms with van der Waals surface area (Å²) in [6.07, 6.45) is 3.27. The van der Waals surface area contributed by atoms with Gasteiger partial charge in [0.05, 0.1) is 0 Å². The number of Topliss-reactive ketones (excluding diaryl/α,β-unsaturated/α-hetero) is 1. The fraction of sp³-hybridized carbons (Fsp3) is 0.412. The topological polar surface area (TPSA) is 72.2 Å². The number of hydrogen-bond donors (Lipinski definition) is 2. The van der Waals surface area contributed by atoms with Crippen LogP contribution in [0.5, 0.6) is 0 Å². The van der Waals surface area contributed by atoms with E-state index in [9.17, 15) is 9.59 Å². The normalized spacial score (nSPS) is 11.7. The Hall–Kier alpha value is -1.94. The van der Waals surface area contributed by atoms with Crippen molar-refractivity contribution < 1.29 is 9.59 Å². The van der Waals surface area contributed by atoms with Crippen LogP contribution in [0.4, 0.5) is 0 Å². The zero-order valence-corrected chi connectivity index (χ0v) is 12.6. The van der Waals surface area contributed by atoms with E-state index in [0.29, 0.717) is 19.5 Å². The van der Waals surface area contributed by atoms with E-state index in [2.05, 4.69) is 11.9 Å². The van der Waals surface area contributed by atoms with Crippen LogP contribution in [0.2, 0.25) is 0 Å². The predicted molar refractivity (Wildman–Crippen MR) is 84.6 cm³/mol. The first-order valence-corrected chi connectivity index (χ1v) is 7.31. The molecule has 0 heterocycles. The van der Waals surface area contributed by atoms with Gasteiger partial charge in [-0.15, -0.1) is 0 Å². The summed E-state index contributed by atoms with van der Waals surface area (Å²) in [7, 11) is 0. The fourth-order valence-electron chi connectivity index (χ4n) is 2.23. The van der Waals surface area contributed by atoms with Gasteiger partial charge in [0.2, 0.25) is 5.91 Å². The second kappa shape index (κ2) is 9.08. The number of carbonyl (C=O) groups excluding carboxylic acids is 2. The van der Waals surface area contributed by atoms with Gasteiger partial charge in [0, 0.05) is 25.4 Å². The molecule has 21 heavy (non-hydrogen) atoms. The van der Waals surface area contributed by atoms with Crippen molar-refractivity contribution in [1.82, 2.24) is 5.32 Å². The summed E-state index contributed by atoms with van der Waals surface area (Å²) >= 11 is 0. The number of rotatable bonds is 9. The highest BCUT2D eigenvalue weighted by Crippen LogP contribution is 2.13. The molecule has 0 bridgehead atoms. The molecule has 1 aromatic carbocycles. The van der Waals surface area contributed by atoms with Gasteiger partial charge in [0.25, 0.3) is 0 Å². The molecule has 0 saturated heterocycles. The Balaban J connectivity index is 2.66. The van der Waals surface area contributed by atoms with E-state index in [-0.39, 0.29) is 17.6 Å². The Kier molecular flexibility index (Phi) is 7.40. The van der Waals surface area contributed by atoms with Crippen LogP contribution in [0.1, 0.15) is 30.9 Å². The highest BCUT2D eigenvalue weighted by molar-refractivity contribution is 5.88. The molecule has 0 fully saturated rings. The molecule has 0 aliphatic rings. The average molecular weight is 288 g/mol. The molecule has 1 aromatic rings. The summed E-state index contributed by atoms with van der Waals surface area (Å²) in [6.45, 7) is 6.28. The Morgan fingerprint density at radius 3 is 2.71 bits per heavy atom. The second-order valence-corrected chi connectivity index (χ2v) is 5.10. The second-order valence-electron chi connectivity index (χ2n) is 5.10. The van der Waals surface area contributed by atoms with E-state index in [1.54, 1.807) is 0 Å². The highest BCUT2D eigenvalue weighted by Gasteiger charge is 2.18. The maximum absolute atomic E-state index is 12.4. The molecule has 1 atom stereocenters. The number of amides is 1. The summed E-state index contributed by atoms with van der Waals surface area (Å²) in [6, 6.07) is 7.76. The molecule has 0 saturated carbocycles. The van der Waals surface area contributed by atoms with E-state index >= 15 is 0 Å². The maximum Gasteiger partial charge on any atom is 0.243 e. The van der Waals surface area contributed by atoms with E-state index < -0.39 is 0 Å². The number of nitrogens with two attached hydrogens (primary N) is 1. The van der Waals surface area contributed by atoms with Crippen LogP contribution in [0.3, 0.4) is 0 Å². The van der Waals surface area contributed by atoms with Crippen LogP contribution >= 0.6 is 0 Å². The van der Waals surface area contributed by atoms with Gasteiger partial charge in [-0.05, 0) is 23.6 Å². The van der Waals surface area contributed by atoms with Crippen molar-refractivity contribution in [3.8, 4) is 0 Å². The first-order valence-electron chi connectivity index (χ1n) is 7.31. The minimum Gasteiger partial charge on any atom is -0.352 e. The van der Waals surface area contributed by atoms with Gasteiger partial charge in [0.1, 0.15) is 5.78 Å². The van der Waals surface area contributed by atoms with Crippen LogP contribution in [-0.2, 0) is 22.6 Å². The molecule has 0 aromatic heterocycles. The van der Waals surface area contributed by atoms with Gasteiger partial charge in [-0.3, -0.25) is 9.59 Å². The molecule has 0 aliphatic carbocycles. The third kappa shape index (κ3) is 5.92. The summed E-state index contributed by atoms with van der Waals surface area (Å²) in [5.74, 6) is -0.246. The SMILES string of the molecule is C=CC(=O)NCC(CCC)C(=O)Cc1cccc(CN)c1. The summed E-state index contributed by atoms with van der Waals surface area (Å²) < 4.78 is 0. The molecule has 1 rings (SSSR count). The largest absolute Gasteiger partial charge is 0.352 e. The molecule has 4 heteroatoms. The van der Waals surface area contributed by atoms with Crippen molar-refractivity contribution in [1.29, 1.82) is 0 Å². The van der Waals surface area contributed by atoms with E-state index in [1.807, 2.05) is 31.2 Å². The Bertz CT molecular complexity index is 497. The highest BCUT2D eigenvalue weighted by atomic mass is 16.1. The molecule has 0 radical (unpaired) electrons. The van der Waals surface area contributed by atoms with E-state index in [1.165, 1.54) is 6.08 Å². The van der Waals surface area contributed by atoms with Crippen molar-refractivity contribution in [2.45, 2.75) is 32.7 Å². The first kappa shape index (κ1) is 17.1. The van der Waals surface area contributed by atoms with Crippen molar-refractivity contribution >= 4 is 11.7 Å². The molecule has 0 spiro atoms. The van der Waals surface area contributed by atoms with Gasteiger partial charge >= 0.3 is 0 Å². The van der Waals surface area contributed by atoms with Crippen molar-refractivity contribution in [2.24, 2.45) is 11.7 Å². The molecular weight excluding hydrogens is 264 g/mol. The number of benzene rings is 1. The Morgan fingerprint density at radius 1 is 1.38 bits per heavy atom. The minimum atomic E-state index is -0.242. The lowest BCUT2D eigenvalue weighted by atomic mass is 9.93. The van der Waals surface area contributed by atoms with Gasteiger partial charge in [0.15, 0.2) is 0 Å². The minimum absolute atomic E-state index is 0.149. The first-order chi connectivity index (χ1) is 10.1. The third-order valence-electron chi connectivity index (χ3n) is 3.41. The van der Waals surface area contributed by atoms with Gasteiger partial charge in [-0.1, -0.05) is 44.2 Å². The smallest absolute Gasteiger partial charge is 0.243 e. The zero-order chi connectivity index (χ0) is 15.7. The number of carbonyl (C=O) groups is 2. The van der Waals surface area contributed by atoms with Crippen LogP contribution in [0.15, 0.2) is 36.9 Å². The lowest BCUT2D eigenvalue weighted by Gasteiger charge is -2.15. The van der Waals surface area contributed by atoms with Crippen molar-refractivity contribution in [2.75, 3.05) is 6.54 Å². The number of ketones is 1. The Labute approximate surface area is 126 Å². The summed E-state index contributed by atoms with van der Waals surface area (Å²) in [4.78, 5) is 23.6. The maximum atomic E-state index is 12.4. The predicted octanol–water partition coefficient (Wildman–Crippen LogP) is 1.98. The molecule has 1 unspecified atom stereocenters. The molecule has 0 aliphatic heterocycles. The van der Waals surface area contributed by atoms with Crippen molar-refractivity contribution in [3.05, 3.63) is 48.0 Å². The average Bonchev–Trinajstić information content (AvgIpc) is 2.51. The van der Waals surface area contributed by atoms with E-state index in [0.717, 1.165) is 24.0 Å². The van der Waals surface area contributed by atoms with Crippen LogP contribution < -0.4 is 11.1 Å². The van der Waals surface area contributed by atoms with Crippen LogP contribution in [0.25, 0.3) is 0 Å².